The molecule has 0 aliphatic carbocycles. The molecule has 0 aliphatic rings. The quantitative estimate of drug-likeness (QED) is 0.512. The average molecular weight is 399 g/mol. The number of fused-ring (bicyclic) bond motifs is 1. The molecule has 3 heterocycles. The van der Waals surface area contributed by atoms with Crippen LogP contribution in [0.5, 0.6) is 5.75 Å². The van der Waals surface area contributed by atoms with Crippen molar-refractivity contribution in [1.29, 1.82) is 0 Å². The summed E-state index contributed by atoms with van der Waals surface area (Å²) in [6.45, 7) is 0. The van der Waals surface area contributed by atoms with Gasteiger partial charge < -0.3 is 10.4 Å². The number of phenolic OH excluding ortho intramolecular Hbond substituents is 1. The fraction of sp³-hybridized carbons (Fsp3) is 0.0526. The maximum atomic E-state index is 13.9. The van der Waals surface area contributed by atoms with E-state index in [1.165, 1.54) is 41.3 Å². The highest BCUT2D eigenvalue weighted by molar-refractivity contribution is 6.04. The van der Waals surface area contributed by atoms with Crippen LogP contribution >= 0.6 is 0 Å². The molecular weight excluding hydrogens is 387 g/mol. The van der Waals surface area contributed by atoms with Crippen LogP contribution in [-0.4, -0.2) is 30.6 Å². The number of aromatic nitrogens is 4. The highest BCUT2D eigenvalue weighted by Gasteiger charge is 2.39. The Morgan fingerprint density at radius 3 is 2.59 bits per heavy atom. The predicted octanol–water partition coefficient (Wildman–Crippen LogP) is 3.77. The van der Waals surface area contributed by atoms with Crippen LogP contribution in [-0.2, 0) is 6.18 Å². The van der Waals surface area contributed by atoms with Crippen molar-refractivity contribution in [2.75, 3.05) is 5.32 Å². The van der Waals surface area contributed by atoms with Crippen LogP contribution in [0.4, 0.5) is 18.9 Å². The Morgan fingerprint density at radius 2 is 1.86 bits per heavy atom. The molecule has 0 spiro atoms. The second kappa shape index (κ2) is 6.89. The lowest BCUT2D eigenvalue weighted by Crippen LogP contribution is -2.19. The zero-order valence-corrected chi connectivity index (χ0v) is 14.6. The number of phenols is 1. The molecule has 0 fully saturated rings. The maximum absolute atomic E-state index is 13.9. The van der Waals surface area contributed by atoms with Crippen molar-refractivity contribution in [2.45, 2.75) is 6.18 Å². The number of halogens is 3. The Morgan fingerprint density at radius 1 is 1.03 bits per heavy atom. The van der Waals surface area contributed by atoms with Crippen LogP contribution in [0.15, 0.2) is 61.1 Å². The summed E-state index contributed by atoms with van der Waals surface area (Å²) in [5.41, 5.74) is -2.00. The number of benzene rings is 1. The minimum absolute atomic E-state index is 0.0406. The van der Waals surface area contributed by atoms with E-state index < -0.39 is 34.6 Å². The zero-order valence-electron chi connectivity index (χ0n) is 14.6. The smallest absolute Gasteiger partial charge is 0.419 e. The van der Waals surface area contributed by atoms with E-state index in [9.17, 15) is 23.1 Å². The number of pyridine rings is 1. The van der Waals surface area contributed by atoms with Crippen molar-refractivity contribution in [1.82, 2.24) is 19.6 Å². The van der Waals surface area contributed by atoms with Gasteiger partial charge in [0.05, 0.1) is 28.7 Å². The number of rotatable bonds is 3. The molecule has 0 saturated carbocycles. The molecule has 4 aromatic rings. The Kier molecular flexibility index (Phi) is 4.38. The molecule has 0 bridgehead atoms. The van der Waals surface area contributed by atoms with Crippen LogP contribution in [0, 0.1) is 0 Å². The van der Waals surface area contributed by atoms with E-state index >= 15 is 0 Å². The Hall–Kier alpha value is -3.95. The molecule has 0 aliphatic heterocycles. The van der Waals surface area contributed by atoms with Crippen molar-refractivity contribution < 1.29 is 23.1 Å². The number of alkyl halides is 3. The molecular formula is C19H12F3N5O2. The minimum Gasteiger partial charge on any atom is -0.507 e. The van der Waals surface area contributed by atoms with Crippen LogP contribution in [0.1, 0.15) is 16.1 Å². The average Bonchev–Trinajstić information content (AvgIpc) is 3.13. The van der Waals surface area contributed by atoms with Crippen molar-refractivity contribution in [3.63, 3.8) is 0 Å². The highest BCUT2D eigenvalue weighted by Crippen LogP contribution is 2.45. The first-order chi connectivity index (χ1) is 13.9. The third kappa shape index (κ3) is 3.35. The molecule has 10 heteroatoms. The lowest BCUT2D eigenvalue weighted by Gasteiger charge is -2.18. The van der Waals surface area contributed by atoms with E-state index in [2.05, 4.69) is 20.4 Å². The van der Waals surface area contributed by atoms with Gasteiger partial charge in [-0.05, 0) is 36.4 Å². The van der Waals surface area contributed by atoms with Gasteiger partial charge in [-0.15, -0.1) is 0 Å². The lowest BCUT2D eigenvalue weighted by molar-refractivity contribution is -0.136. The molecule has 3 aromatic heterocycles. The van der Waals surface area contributed by atoms with Crippen LogP contribution < -0.4 is 5.32 Å². The minimum atomic E-state index is -4.87. The first kappa shape index (κ1) is 18.4. The molecule has 0 unspecified atom stereocenters. The summed E-state index contributed by atoms with van der Waals surface area (Å²) in [5.74, 6) is -1.44. The first-order valence-corrected chi connectivity index (χ1v) is 8.31. The summed E-state index contributed by atoms with van der Waals surface area (Å²) in [5, 5.41) is 16.3. The summed E-state index contributed by atoms with van der Waals surface area (Å²) >= 11 is 0. The van der Waals surface area contributed by atoms with Crippen LogP contribution in [0.25, 0.3) is 16.9 Å². The fourth-order valence-electron chi connectivity index (χ4n) is 2.93. The van der Waals surface area contributed by atoms with Crippen molar-refractivity contribution in [3.05, 3.63) is 72.3 Å². The van der Waals surface area contributed by atoms with Crippen LogP contribution in [0.2, 0.25) is 0 Å². The van der Waals surface area contributed by atoms with E-state index in [1.54, 1.807) is 12.1 Å². The summed E-state index contributed by atoms with van der Waals surface area (Å²) in [4.78, 5) is 20.5. The normalized spacial score (nSPS) is 11.6. The van der Waals surface area contributed by atoms with Crippen molar-refractivity contribution in [2.24, 2.45) is 0 Å². The molecule has 2 N–H and O–H groups in total. The first-order valence-electron chi connectivity index (χ1n) is 8.31. The topological polar surface area (TPSA) is 92.4 Å². The number of nitrogens with zero attached hydrogens (tertiary/aromatic N) is 4. The van der Waals surface area contributed by atoms with E-state index in [4.69, 9.17) is 0 Å². The molecule has 146 valence electrons. The van der Waals surface area contributed by atoms with Gasteiger partial charge in [0.25, 0.3) is 5.91 Å². The molecule has 0 atom stereocenters. The van der Waals surface area contributed by atoms with Gasteiger partial charge in [0.1, 0.15) is 5.75 Å². The van der Waals surface area contributed by atoms with Gasteiger partial charge in [-0.25, -0.2) is 9.50 Å². The number of imidazole rings is 1. The van der Waals surface area contributed by atoms with E-state index in [0.717, 1.165) is 12.1 Å². The summed E-state index contributed by atoms with van der Waals surface area (Å²) in [6.07, 6.45) is -0.923. The van der Waals surface area contributed by atoms with Crippen molar-refractivity contribution >= 4 is 17.2 Å². The summed E-state index contributed by atoms with van der Waals surface area (Å²) in [7, 11) is 0. The molecule has 7 nitrogen and oxygen atoms in total. The van der Waals surface area contributed by atoms with Gasteiger partial charge in [0.15, 0.2) is 11.3 Å². The highest BCUT2D eigenvalue weighted by atomic mass is 19.4. The molecule has 4 rings (SSSR count). The van der Waals surface area contributed by atoms with Gasteiger partial charge in [0, 0.05) is 12.4 Å². The Labute approximate surface area is 161 Å². The number of hydrogen-bond acceptors (Lipinski definition) is 5. The number of amides is 1. The molecule has 1 amide bonds. The SMILES string of the molecule is O=C(Nc1ccc(O)c(-c2ccccn2)c1C(F)(F)F)c1cnc2cccnn12. The fourth-order valence-corrected chi connectivity index (χ4v) is 2.93. The molecule has 29 heavy (non-hydrogen) atoms. The van der Waals surface area contributed by atoms with E-state index in [1.807, 2.05) is 0 Å². The Balaban J connectivity index is 1.83. The van der Waals surface area contributed by atoms with Gasteiger partial charge in [-0.3, -0.25) is 9.78 Å². The molecule has 1 aromatic carbocycles. The maximum Gasteiger partial charge on any atom is 0.419 e. The molecule has 0 radical (unpaired) electrons. The number of hydrogen-bond donors (Lipinski definition) is 2. The van der Waals surface area contributed by atoms with Crippen molar-refractivity contribution in [3.8, 4) is 17.0 Å². The second-order valence-corrected chi connectivity index (χ2v) is 5.99. The third-order valence-corrected chi connectivity index (χ3v) is 4.15. The number of aromatic hydroxyl groups is 1. The largest absolute Gasteiger partial charge is 0.507 e. The van der Waals surface area contributed by atoms with Gasteiger partial charge in [0.2, 0.25) is 0 Å². The van der Waals surface area contributed by atoms with E-state index in [0.29, 0.717) is 5.65 Å². The lowest BCUT2D eigenvalue weighted by atomic mass is 9.99. The number of carbonyl (C=O) groups is 1. The van der Waals surface area contributed by atoms with Gasteiger partial charge in [-0.2, -0.15) is 18.3 Å². The van der Waals surface area contributed by atoms with Gasteiger partial charge >= 0.3 is 6.18 Å². The third-order valence-electron chi connectivity index (χ3n) is 4.15. The number of carbonyl (C=O) groups excluding carboxylic acids is 1. The Bertz CT molecular complexity index is 1210. The molecule has 0 saturated heterocycles. The zero-order chi connectivity index (χ0) is 20.6. The monoisotopic (exact) mass is 399 g/mol. The predicted molar refractivity (Wildman–Crippen MR) is 97.3 cm³/mol. The summed E-state index contributed by atoms with van der Waals surface area (Å²) < 4.78 is 42.9. The standard InChI is InChI=1S/C19H12F3N5O2/c20-19(21,22)17-12(6-7-14(28)16(17)11-4-1-2-8-23-11)26-18(29)13-10-24-15-5-3-9-25-27(13)15/h1-10,28H,(H,26,29). The summed E-state index contributed by atoms with van der Waals surface area (Å²) in [6, 6.07) is 9.65. The van der Waals surface area contributed by atoms with E-state index in [-0.39, 0.29) is 11.4 Å². The van der Waals surface area contributed by atoms with Crippen LogP contribution in [0.3, 0.4) is 0 Å². The number of anilines is 1. The van der Waals surface area contributed by atoms with Gasteiger partial charge in [-0.1, -0.05) is 6.07 Å². The second-order valence-electron chi connectivity index (χ2n) is 5.99. The number of nitrogens with one attached hydrogen (secondary N) is 1.